The van der Waals surface area contributed by atoms with Gasteiger partial charge in [0.1, 0.15) is 22.6 Å². The molecule has 0 bridgehead atoms. The van der Waals surface area contributed by atoms with Gasteiger partial charge in [0.15, 0.2) is 12.4 Å². The van der Waals surface area contributed by atoms with Gasteiger partial charge in [0.2, 0.25) is 17.7 Å². The van der Waals surface area contributed by atoms with Crippen molar-refractivity contribution in [2.45, 2.75) is 71.3 Å². The second-order valence-electron chi connectivity index (χ2n) is 12.7. The van der Waals surface area contributed by atoms with Crippen LogP contribution in [0.3, 0.4) is 0 Å². The molecule has 3 N–H and O–H groups in total. The van der Waals surface area contributed by atoms with Crippen LogP contribution in [-0.4, -0.2) is 63.8 Å². The molecule has 2 aromatic carbocycles. The summed E-state index contributed by atoms with van der Waals surface area (Å²) in [5.41, 5.74) is 4.62. The highest BCUT2D eigenvalue weighted by atomic mass is 35.5. The van der Waals surface area contributed by atoms with Gasteiger partial charge in [-0.1, -0.05) is 35.9 Å². The van der Waals surface area contributed by atoms with Gasteiger partial charge in [0.05, 0.1) is 18.1 Å². The Hall–Kier alpha value is -4.88. The van der Waals surface area contributed by atoms with Crippen LogP contribution < -0.4 is 20.7 Å². The van der Waals surface area contributed by atoms with E-state index in [2.05, 4.69) is 40.0 Å². The summed E-state index contributed by atoms with van der Waals surface area (Å²) >= 11 is 7.87. The fourth-order valence-corrected chi connectivity index (χ4v) is 7.64. The third-order valence-corrected chi connectivity index (χ3v) is 10.5. The van der Waals surface area contributed by atoms with Gasteiger partial charge in [-0.05, 0) is 81.8 Å². The number of piperidine rings is 1. The number of fused-ring (bicyclic) bond motifs is 3. The number of carbonyl (C=O) groups is 4. The van der Waals surface area contributed by atoms with E-state index in [1.165, 1.54) is 4.88 Å². The number of thiophene rings is 1. The van der Waals surface area contributed by atoms with Crippen molar-refractivity contribution >= 4 is 52.3 Å². The zero-order valence-corrected chi connectivity index (χ0v) is 30.3. The number of ether oxygens (including phenoxy) is 1. The van der Waals surface area contributed by atoms with Gasteiger partial charge in [-0.2, -0.15) is 0 Å². The second kappa shape index (κ2) is 16.0. The largest absolute Gasteiger partial charge is 0.484 e. The molecule has 266 valence electrons. The van der Waals surface area contributed by atoms with E-state index < -0.39 is 12.0 Å². The number of imide groups is 1. The molecular weight excluding hydrogens is 690 g/mol. The summed E-state index contributed by atoms with van der Waals surface area (Å²) < 4.78 is 7.68. The van der Waals surface area contributed by atoms with Crippen LogP contribution in [0.5, 0.6) is 5.75 Å². The average molecular weight is 730 g/mol. The second-order valence-corrected chi connectivity index (χ2v) is 14.4. The highest BCUT2D eigenvalue weighted by Gasteiger charge is 2.32. The normalized spacial score (nSPS) is 16.7. The zero-order chi connectivity index (χ0) is 36.1. The minimum atomic E-state index is -0.534. The van der Waals surface area contributed by atoms with Crippen molar-refractivity contribution in [3.63, 3.8) is 0 Å². The van der Waals surface area contributed by atoms with Crippen molar-refractivity contribution < 1.29 is 23.9 Å². The molecule has 0 radical (unpaired) electrons. The number of carbonyl (C=O) groups excluding carboxylic acids is 4. The summed E-state index contributed by atoms with van der Waals surface area (Å²) in [4.78, 5) is 55.6. The molecule has 2 aromatic heterocycles. The lowest BCUT2D eigenvalue weighted by molar-refractivity contribution is -0.134. The van der Waals surface area contributed by atoms with Gasteiger partial charge in [-0.15, -0.1) is 21.5 Å². The lowest BCUT2D eigenvalue weighted by Gasteiger charge is -2.21. The quantitative estimate of drug-likeness (QED) is 0.126. The van der Waals surface area contributed by atoms with E-state index in [-0.39, 0.29) is 36.7 Å². The first kappa shape index (κ1) is 35.9. The number of benzene rings is 2. The van der Waals surface area contributed by atoms with E-state index in [0.29, 0.717) is 42.5 Å². The number of nitrogens with zero attached hydrogens (tertiary/aromatic N) is 4. The van der Waals surface area contributed by atoms with Crippen LogP contribution in [0.2, 0.25) is 5.02 Å². The number of aliphatic imine (C=N–C) groups is 1. The highest BCUT2D eigenvalue weighted by Crippen LogP contribution is 2.39. The van der Waals surface area contributed by atoms with Crippen LogP contribution in [0.25, 0.3) is 5.00 Å². The van der Waals surface area contributed by atoms with Crippen molar-refractivity contribution in [2.24, 2.45) is 4.99 Å². The molecule has 1 fully saturated rings. The Balaban J connectivity index is 0.962. The summed E-state index contributed by atoms with van der Waals surface area (Å²) in [6.45, 7) is 6.92. The van der Waals surface area contributed by atoms with E-state index in [1.807, 2.05) is 41.8 Å². The lowest BCUT2D eigenvalue weighted by Crippen LogP contribution is -2.39. The van der Waals surface area contributed by atoms with E-state index >= 15 is 0 Å². The van der Waals surface area contributed by atoms with Crippen LogP contribution in [0.1, 0.15) is 89.3 Å². The first-order valence-electron chi connectivity index (χ1n) is 17.0. The fraction of sp³-hybridized carbons (Fsp3) is 0.378. The van der Waals surface area contributed by atoms with Crippen molar-refractivity contribution in [3.05, 3.63) is 92.3 Å². The van der Waals surface area contributed by atoms with Crippen LogP contribution in [0.4, 0.5) is 0 Å². The van der Waals surface area contributed by atoms with E-state index in [1.54, 1.807) is 29.5 Å². The highest BCUT2D eigenvalue weighted by molar-refractivity contribution is 7.15. The molecular formula is C37H40ClN7O5S. The van der Waals surface area contributed by atoms with Crippen LogP contribution >= 0.6 is 22.9 Å². The van der Waals surface area contributed by atoms with Crippen molar-refractivity contribution in [3.8, 4) is 10.8 Å². The SMILES string of the molecule is Cc1sc2c(c1C)C(c1ccc(Cl)cc1)=N[C@@H](CC(=O)NCCCCCNC(=O)COc1cccc(C3CCC(=O)NC3=O)c1)c1nnc(C)n1-2. The van der Waals surface area contributed by atoms with Gasteiger partial charge in [0.25, 0.3) is 5.91 Å². The Morgan fingerprint density at radius 2 is 1.75 bits per heavy atom. The Morgan fingerprint density at radius 1 is 1.00 bits per heavy atom. The maximum Gasteiger partial charge on any atom is 0.257 e. The minimum Gasteiger partial charge on any atom is -0.484 e. The summed E-state index contributed by atoms with van der Waals surface area (Å²) in [7, 11) is 0. The van der Waals surface area contributed by atoms with E-state index in [0.717, 1.165) is 58.1 Å². The molecule has 51 heavy (non-hydrogen) atoms. The Labute approximate surface area is 305 Å². The smallest absolute Gasteiger partial charge is 0.257 e. The van der Waals surface area contributed by atoms with Crippen molar-refractivity contribution in [1.29, 1.82) is 0 Å². The molecule has 0 spiro atoms. The molecule has 12 nitrogen and oxygen atoms in total. The van der Waals surface area contributed by atoms with E-state index in [4.69, 9.17) is 21.3 Å². The van der Waals surface area contributed by atoms with Gasteiger partial charge in [0, 0.05) is 40.5 Å². The molecule has 2 atom stereocenters. The summed E-state index contributed by atoms with van der Waals surface area (Å²) in [6.07, 6.45) is 3.16. The average Bonchev–Trinajstić information content (AvgIpc) is 3.59. The molecule has 1 unspecified atom stereocenters. The molecule has 14 heteroatoms. The molecule has 1 saturated heterocycles. The monoisotopic (exact) mass is 729 g/mol. The Kier molecular flexibility index (Phi) is 11.3. The van der Waals surface area contributed by atoms with Gasteiger partial charge in [-0.25, -0.2) is 0 Å². The summed E-state index contributed by atoms with van der Waals surface area (Å²) in [5.74, 6) is 0.476. The summed E-state index contributed by atoms with van der Waals surface area (Å²) in [6, 6.07) is 14.1. The Morgan fingerprint density at radius 3 is 2.49 bits per heavy atom. The first-order chi connectivity index (χ1) is 24.6. The number of aryl methyl sites for hydroxylation is 2. The lowest BCUT2D eigenvalue weighted by atomic mass is 9.90. The number of nitrogens with one attached hydrogen (secondary N) is 3. The number of halogens is 1. The molecule has 2 aliphatic rings. The number of rotatable bonds is 13. The topological polar surface area (TPSA) is 157 Å². The maximum atomic E-state index is 13.2. The standard InChI is InChI=1S/C37H40ClN7O5S/c1-21-22(2)51-37-33(21)34(24-10-12-26(38)13-11-24)41-29(35-44-43-23(3)45(35)37)19-31(47)39-16-5-4-6-17-40-32(48)20-50-27-9-7-8-25(18-27)28-14-15-30(46)42-36(28)49/h7-13,18,28-29H,4-6,14-17,19-20H2,1-3H3,(H,39,47)(H,40,48)(H,42,46,49)/t28?,29-/m0/s1. The van der Waals surface area contributed by atoms with Gasteiger partial charge >= 0.3 is 0 Å². The number of amides is 4. The van der Waals surface area contributed by atoms with E-state index in [9.17, 15) is 19.2 Å². The molecule has 4 aromatic rings. The maximum absolute atomic E-state index is 13.2. The zero-order valence-electron chi connectivity index (χ0n) is 28.8. The van der Waals surface area contributed by atoms with Gasteiger partial charge in [-0.3, -0.25) is 34.1 Å². The molecule has 0 saturated carbocycles. The summed E-state index contributed by atoms with van der Waals surface area (Å²) in [5, 5.41) is 18.7. The third kappa shape index (κ3) is 8.37. The molecule has 6 rings (SSSR count). The third-order valence-electron chi connectivity index (χ3n) is 9.10. The van der Waals surface area contributed by atoms with Crippen LogP contribution in [-0.2, 0) is 19.2 Å². The number of hydrogen-bond acceptors (Lipinski definition) is 9. The number of hydrogen-bond donors (Lipinski definition) is 3. The predicted octanol–water partition coefficient (Wildman–Crippen LogP) is 5.19. The minimum absolute atomic E-state index is 0.120. The number of aromatic nitrogens is 3. The molecule has 4 amide bonds. The van der Waals surface area contributed by atoms with Crippen LogP contribution in [0, 0.1) is 20.8 Å². The Bertz CT molecular complexity index is 1990. The molecule has 2 aliphatic heterocycles. The van der Waals surface area contributed by atoms with Crippen molar-refractivity contribution in [2.75, 3.05) is 19.7 Å². The predicted molar refractivity (Wildman–Crippen MR) is 195 cm³/mol. The van der Waals surface area contributed by atoms with Crippen LogP contribution in [0.15, 0.2) is 53.5 Å². The van der Waals surface area contributed by atoms with Crippen molar-refractivity contribution in [1.82, 2.24) is 30.7 Å². The first-order valence-corrected chi connectivity index (χ1v) is 18.2. The molecule has 4 heterocycles. The molecule has 0 aliphatic carbocycles. The fourth-order valence-electron chi connectivity index (χ4n) is 6.30. The van der Waals surface area contributed by atoms with Gasteiger partial charge < -0.3 is 15.4 Å². The number of unbranched alkanes of at least 4 members (excludes halogenated alkanes) is 2.